The van der Waals surface area contributed by atoms with E-state index >= 15 is 0 Å². The SMILES string of the molecule is O[C@H]1CCOC12CCC2. The van der Waals surface area contributed by atoms with Crippen molar-refractivity contribution >= 4 is 0 Å². The van der Waals surface area contributed by atoms with Gasteiger partial charge < -0.3 is 9.84 Å². The Morgan fingerprint density at radius 1 is 1.44 bits per heavy atom. The first-order chi connectivity index (χ1) is 4.33. The lowest BCUT2D eigenvalue weighted by atomic mass is 9.76. The van der Waals surface area contributed by atoms with E-state index < -0.39 is 0 Å². The second-order valence-corrected chi connectivity index (χ2v) is 3.07. The normalized spacial score (nSPS) is 39.0. The third-order valence-corrected chi connectivity index (χ3v) is 2.59. The van der Waals surface area contributed by atoms with Gasteiger partial charge in [-0.15, -0.1) is 0 Å². The molecule has 1 saturated heterocycles. The molecule has 0 bridgehead atoms. The van der Waals surface area contributed by atoms with E-state index in [-0.39, 0.29) is 11.7 Å². The zero-order valence-corrected chi connectivity index (χ0v) is 5.47. The average Bonchev–Trinajstić information content (AvgIpc) is 2.07. The van der Waals surface area contributed by atoms with Crippen molar-refractivity contribution in [2.75, 3.05) is 6.61 Å². The fraction of sp³-hybridized carbons (Fsp3) is 1.00. The van der Waals surface area contributed by atoms with E-state index in [1.807, 2.05) is 0 Å². The highest BCUT2D eigenvalue weighted by atomic mass is 16.5. The maximum atomic E-state index is 9.37. The van der Waals surface area contributed by atoms with Crippen LogP contribution >= 0.6 is 0 Å². The van der Waals surface area contributed by atoms with Crippen molar-refractivity contribution in [3.63, 3.8) is 0 Å². The molecule has 1 heterocycles. The van der Waals surface area contributed by atoms with Crippen LogP contribution in [0.25, 0.3) is 0 Å². The van der Waals surface area contributed by atoms with Crippen LogP contribution in [-0.4, -0.2) is 23.4 Å². The fourth-order valence-electron chi connectivity index (χ4n) is 1.74. The number of hydrogen-bond acceptors (Lipinski definition) is 2. The molecular weight excluding hydrogens is 116 g/mol. The summed E-state index contributed by atoms with van der Waals surface area (Å²) in [6.45, 7) is 0.765. The van der Waals surface area contributed by atoms with Crippen molar-refractivity contribution in [2.45, 2.75) is 37.4 Å². The van der Waals surface area contributed by atoms with Gasteiger partial charge in [0, 0.05) is 0 Å². The highest BCUT2D eigenvalue weighted by Gasteiger charge is 2.47. The predicted octanol–water partition coefficient (Wildman–Crippen LogP) is 0.690. The van der Waals surface area contributed by atoms with E-state index in [4.69, 9.17) is 4.74 Å². The second kappa shape index (κ2) is 1.70. The molecule has 0 aromatic heterocycles. The lowest BCUT2D eigenvalue weighted by Gasteiger charge is -2.39. The Morgan fingerprint density at radius 3 is 2.44 bits per heavy atom. The van der Waals surface area contributed by atoms with Crippen LogP contribution in [0.3, 0.4) is 0 Å². The minimum atomic E-state index is -0.161. The monoisotopic (exact) mass is 128 g/mol. The van der Waals surface area contributed by atoms with Crippen LogP contribution < -0.4 is 0 Å². The Hall–Kier alpha value is -0.0800. The van der Waals surface area contributed by atoms with Crippen molar-refractivity contribution in [2.24, 2.45) is 0 Å². The van der Waals surface area contributed by atoms with Crippen molar-refractivity contribution < 1.29 is 9.84 Å². The number of aliphatic hydroxyl groups excluding tert-OH is 1. The molecule has 0 radical (unpaired) electrons. The molecule has 2 nitrogen and oxygen atoms in total. The first-order valence-electron chi connectivity index (χ1n) is 3.66. The molecule has 0 amide bonds. The van der Waals surface area contributed by atoms with Gasteiger partial charge in [-0.25, -0.2) is 0 Å². The molecule has 2 rings (SSSR count). The number of rotatable bonds is 0. The van der Waals surface area contributed by atoms with Gasteiger partial charge in [0.1, 0.15) is 0 Å². The standard InChI is InChI=1S/C7H12O2/c8-6-2-5-9-7(6)3-1-4-7/h6,8H,1-5H2/t6-/m0/s1. The Morgan fingerprint density at radius 2 is 2.22 bits per heavy atom. The molecule has 9 heavy (non-hydrogen) atoms. The molecular formula is C7H12O2. The Kier molecular flexibility index (Phi) is 1.08. The molecule has 1 saturated carbocycles. The number of hydrogen-bond donors (Lipinski definition) is 1. The highest BCUT2D eigenvalue weighted by Crippen LogP contribution is 2.43. The van der Waals surface area contributed by atoms with Crippen molar-refractivity contribution in [1.82, 2.24) is 0 Å². The summed E-state index contributed by atoms with van der Waals surface area (Å²) in [6.07, 6.45) is 4.07. The third-order valence-electron chi connectivity index (χ3n) is 2.59. The number of aliphatic hydroxyl groups is 1. The van der Waals surface area contributed by atoms with Gasteiger partial charge in [0.25, 0.3) is 0 Å². The lowest BCUT2D eigenvalue weighted by Crippen LogP contribution is -2.45. The van der Waals surface area contributed by atoms with E-state index in [0.717, 1.165) is 25.9 Å². The Labute approximate surface area is 54.8 Å². The van der Waals surface area contributed by atoms with Crippen molar-refractivity contribution in [1.29, 1.82) is 0 Å². The molecule has 1 aliphatic carbocycles. The van der Waals surface area contributed by atoms with Crippen LogP contribution in [0.15, 0.2) is 0 Å². The summed E-state index contributed by atoms with van der Waals surface area (Å²) in [5.74, 6) is 0. The summed E-state index contributed by atoms with van der Waals surface area (Å²) in [6, 6.07) is 0. The summed E-state index contributed by atoms with van der Waals surface area (Å²) < 4.78 is 5.44. The summed E-state index contributed by atoms with van der Waals surface area (Å²) in [7, 11) is 0. The maximum Gasteiger partial charge on any atom is 0.0941 e. The minimum Gasteiger partial charge on any atom is -0.390 e. The second-order valence-electron chi connectivity index (χ2n) is 3.07. The average molecular weight is 128 g/mol. The van der Waals surface area contributed by atoms with E-state index in [9.17, 15) is 5.11 Å². The van der Waals surface area contributed by atoms with Crippen LogP contribution in [0.5, 0.6) is 0 Å². The van der Waals surface area contributed by atoms with Crippen molar-refractivity contribution in [3.8, 4) is 0 Å². The molecule has 0 unspecified atom stereocenters. The first kappa shape index (κ1) is 5.69. The van der Waals surface area contributed by atoms with Gasteiger partial charge in [-0.1, -0.05) is 0 Å². The molecule has 2 heteroatoms. The Balaban J connectivity index is 2.09. The van der Waals surface area contributed by atoms with Crippen molar-refractivity contribution in [3.05, 3.63) is 0 Å². The van der Waals surface area contributed by atoms with E-state index in [1.165, 1.54) is 6.42 Å². The molecule has 2 aliphatic rings. The quantitative estimate of drug-likeness (QED) is 0.520. The fourth-order valence-corrected chi connectivity index (χ4v) is 1.74. The van der Waals surface area contributed by atoms with Crippen LogP contribution in [0.2, 0.25) is 0 Å². The number of ether oxygens (including phenoxy) is 1. The maximum absolute atomic E-state index is 9.37. The van der Waals surface area contributed by atoms with Crippen LogP contribution in [0, 0.1) is 0 Å². The van der Waals surface area contributed by atoms with Gasteiger partial charge >= 0.3 is 0 Å². The van der Waals surface area contributed by atoms with E-state index in [1.54, 1.807) is 0 Å². The smallest absolute Gasteiger partial charge is 0.0941 e. The first-order valence-corrected chi connectivity index (χ1v) is 3.66. The summed E-state index contributed by atoms with van der Waals surface area (Å²) >= 11 is 0. The minimum absolute atomic E-state index is 0.0694. The zero-order valence-electron chi connectivity index (χ0n) is 5.47. The van der Waals surface area contributed by atoms with Gasteiger partial charge in [0.15, 0.2) is 0 Å². The highest BCUT2D eigenvalue weighted by molar-refractivity contribution is 4.99. The van der Waals surface area contributed by atoms with Gasteiger partial charge in [0.05, 0.1) is 18.3 Å². The van der Waals surface area contributed by atoms with E-state index in [0.29, 0.717) is 0 Å². The van der Waals surface area contributed by atoms with Gasteiger partial charge in [-0.2, -0.15) is 0 Å². The summed E-state index contributed by atoms with van der Waals surface area (Å²) in [5, 5.41) is 9.37. The third kappa shape index (κ3) is 0.634. The van der Waals surface area contributed by atoms with Crippen LogP contribution in [0.4, 0.5) is 0 Å². The predicted molar refractivity (Wildman–Crippen MR) is 33.2 cm³/mol. The van der Waals surface area contributed by atoms with Gasteiger partial charge in [-0.05, 0) is 25.7 Å². The molecule has 1 atom stereocenters. The van der Waals surface area contributed by atoms with Crippen LogP contribution in [0.1, 0.15) is 25.7 Å². The molecule has 1 aliphatic heterocycles. The molecule has 2 fully saturated rings. The molecule has 1 N–H and O–H groups in total. The van der Waals surface area contributed by atoms with Gasteiger partial charge in [0.2, 0.25) is 0 Å². The Bertz CT molecular complexity index is 118. The zero-order chi connectivity index (χ0) is 6.32. The van der Waals surface area contributed by atoms with E-state index in [2.05, 4.69) is 0 Å². The molecule has 1 spiro atoms. The largest absolute Gasteiger partial charge is 0.390 e. The topological polar surface area (TPSA) is 29.5 Å². The molecule has 0 aromatic carbocycles. The van der Waals surface area contributed by atoms with Crippen LogP contribution in [-0.2, 0) is 4.74 Å². The lowest BCUT2D eigenvalue weighted by molar-refractivity contribution is -0.110. The molecule has 0 aromatic rings. The van der Waals surface area contributed by atoms with Gasteiger partial charge in [-0.3, -0.25) is 0 Å². The summed E-state index contributed by atoms with van der Waals surface area (Å²) in [5.41, 5.74) is -0.0694. The molecule has 52 valence electrons. The summed E-state index contributed by atoms with van der Waals surface area (Å²) in [4.78, 5) is 0.